The number of nitrogens with zero attached hydrogens (tertiary/aromatic N) is 1. The van der Waals surface area contributed by atoms with E-state index in [0.29, 0.717) is 5.82 Å². The van der Waals surface area contributed by atoms with Crippen LogP contribution >= 0.6 is 22.7 Å². The Bertz CT molecular complexity index is 872. The first kappa shape index (κ1) is 13.0. The van der Waals surface area contributed by atoms with Gasteiger partial charge in [0.05, 0.1) is 5.39 Å². The largest absolute Gasteiger partial charge is 0.306 e. The number of rotatable bonds is 2. The van der Waals surface area contributed by atoms with Crippen molar-refractivity contribution in [3.8, 4) is 0 Å². The quantitative estimate of drug-likeness (QED) is 0.774. The van der Waals surface area contributed by atoms with Gasteiger partial charge in [0.1, 0.15) is 10.7 Å². The van der Waals surface area contributed by atoms with Gasteiger partial charge in [-0.1, -0.05) is 6.07 Å². The van der Waals surface area contributed by atoms with Gasteiger partial charge in [0.2, 0.25) is 0 Å². The minimum Gasteiger partial charge on any atom is -0.306 e. The Morgan fingerprint density at radius 1 is 1.24 bits per heavy atom. The number of hydrogen-bond acceptors (Lipinski definition) is 4. The molecule has 1 aliphatic rings. The fraction of sp³-hybridized carbons (Fsp3) is 0.250. The van der Waals surface area contributed by atoms with E-state index in [0.717, 1.165) is 27.9 Å². The van der Waals surface area contributed by atoms with Crippen LogP contribution in [0.2, 0.25) is 0 Å². The van der Waals surface area contributed by atoms with E-state index in [-0.39, 0.29) is 5.56 Å². The molecule has 0 saturated carbocycles. The summed E-state index contributed by atoms with van der Waals surface area (Å²) >= 11 is 3.36. The normalized spacial score (nSPS) is 14.9. The van der Waals surface area contributed by atoms with Crippen LogP contribution in [-0.2, 0) is 12.8 Å². The molecule has 0 unspecified atom stereocenters. The predicted octanol–water partition coefficient (Wildman–Crippen LogP) is 4.10. The molecule has 5 heteroatoms. The predicted molar refractivity (Wildman–Crippen MR) is 90.1 cm³/mol. The van der Waals surface area contributed by atoms with Gasteiger partial charge in [0.25, 0.3) is 5.56 Å². The van der Waals surface area contributed by atoms with Crippen LogP contribution in [0.3, 0.4) is 0 Å². The first-order chi connectivity index (χ1) is 10.3. The van der Waals surface area contributed by atoms with Crippen molar-refractivity contribution >= 4 is 45.0 Å². The lowest BCUT2D eigenvalue weighted by Crippen LogP contribution is -2.11. The zero-order chi connectivity index (χ0) is 14.2. The van der Waals surface area contributed by atoms with E-state index < -0.39 is 0 Å². The molecular weight excluding hydrogens is 300 g/mol. The highest BCUT2D eigenvalue weighted by Crippen LogP contribution is 2.33. The number of nitrogens with one attached hydrogen (secondary N) is 1. The fourth-order valence-corrected chi connectivity index (χ4v) is 4.69. The highest BCUT2D eigenvalue weighted by atomic mass is 32.1. The lowest BCUT2D eigenvalue weighted by Gasteiger charge is -2.09. The van der Waals surface area contributed by atoms with Gasteiger partial charge in [0, 0.05) is 9.75 Å². The van der Waals surface area contributed by atoms with Crippen molar-refractivity contribution in [2.45, 2.75) is 25.7 Å². The molecule has 0 aromatic carbocycles. The van der Waals surface area contributed by atoms with Crippen LogP contribution in [-0.4, -0.2) is 9.97 Å². The zero-order valence-electron chi connectivity index (χ0n) is 11.4. The van der Waals surface area contributed by atoms with E-state index >= 15 is 0 Å². The van der Waals surface area contributed by atoms with Crippen LogP contribution < -0.4 is 5.56 Å². The van der Waals surface area contributed by atoms with Crippen molar-refractivity contribution in [1.82, 2.24) is 9.97 Å². The second-order valence-corrected chi connectivity index (χ2v) is 7.25. The third kappa shape index (κ3) is 2.36. The third-order valence-electron chi connectivity index (χ3n) is 3.79. The van der Waals surface area contributed by atoms with Crippen molar-refractivity contribution in [2.75, 3.05) is 0 Å². The third-order valence-corrected chi connectivity index (χ3v) is 5.82. The van der Waals surface area contributed by atoms with Crippen LogP contribution in [0.5, 0.6) is 0 Å². The molecule has 21 heavy (non-hydrogen) atoms. The Labute approximate surface area is 130 Å². The number of thiophene rings is 2. The molecule has 0 spiro atoms. The van der Waals surface area contributed by atoms with Crippen molar-refractivity contribution in [2.24, 2.45) is 0 Å². The second-order valence-electron chi connectivity index (χ2n) is 5.19. The van der Waals surface area contributed by atoms with Crippen molar-refractivity contribution in [1.29, 1.82) is 0 Å². The van der Waals surface area contributed by atoms with Gasteiger partial charge in [-0.05, 0) is 54.8 Å². The molecule has 3 aromatic rings. The molecule has 0 saturated heterocycles. The van der Waals surface area contributed by atoms with Crippen LogP contribution in [0.4, 0.5) is 0 Å². The Balaban J connectivity index is 1.80. The Hall–Kier alpha value is -1.72. The maximum Gasteiger partial charge on any atom is 0.260 e. The Kier molecular flexibility index (Phi) is 3.24. The van der Waals surface area contributed by atoms with Crippen LogP contribution in [0.15, 0.2) is 22.3 Å². The van der Waals surface area contributed by atoms with E-state index in [4.69, 9.17) is 0 Å². The monoisotopic (exact) mass is 314 g/mol. The van der Waals surface area contributed by atoms with Gasteiger partial charge >= 0.3 is 0 Å². The molecule has 0 fully saturated rings. The number of H-pyrrole nitrogens is 1. The standard InChI is InChI=1S/C16H14N2OS2/c19-15-14-11-5-1-2-6-12(11)21-16(14)18-13(17-15)8-7-10-4-3-9-20-10/h3-4,7-9H,1-2,5-6H2,(H,17,18,19)/b8-7+. The number of aromatic nitrogens is 2. The van der Waals surface area contributed by atoms with Gasteiger partial charge < -0.3 is 4.98 Å². The maximum atomic E-state index is 12.4. The first-order valence-electron chi connectivity index (χ1n) is 7.07. The molecular formula is C16H14N2OS2. The van der Waals surface area contributed by atoms with Gasteiger partial charge in [-0.3, -0.25) is 4.79 Å². The summed E-state index contributed by atoms with van der Waals surface area (Å²) < 4.78 is 0. The van der Waals surface area contributed by atoms with E-state index in [1.807, 2.05) is 29.7 Å². The van der Waals surface area contributed by atoms with Crippen molar-refractivity contribution < 1.29 is 0 Å². The average Bonchev–Trinajstić information content (AvgIpc) is 3.12. The molecule has 1 N–H and O–H groups in total. The Morgan fingerprint density at radius 3 is 3.00 bits per heavy atom. The molecule has 1 aliphatic carbocycles. The number of aromatic amines is 1. The summed E-state index contributed by atoms with van der Waals surface area (Å²) in [6.07, 6.45) is 8.38. The van der Waals surface area contributed by atoms with Gasteiger partial charge in [-0.2, -0.15) is 0 Å². The second kappa shape index (κ2) is 5.24. The van der Waals surface area contributed by atoms with Gasteiger partial charge in [-0.15, -0.1) is 22.7 Å². The van der Waals surface area contributed by atoms with Crippen molar-refractivity contribution in [3.63, 3.8) is 0 Å². The molecule has 0 bridgehead atoms. The summed E-state index contributed by atoms with van der Waals surface area (Å²) in [5.74, 6) is 0.638. The van der Waals surface area contributed by atoms with Crippen molar-refractivity contribution in [3.05, 3.63) is 49.0 Å². The molecule has 3 aromatic heterocycles. The summed E-state index contributed by atoms with van der Waals surface area (Å²) in [5, 5.41) is 2.86. The van der Waals surface area contributed by atoms with Crippen LogP contribution in [0.25, 0.3) is 22.4 Å². The van der Waals surface area contributed by atoms with E-state index in [1.165, 1.54) is 23.3 Å². The topological polar surface area (TPSA) is 45.8 Å². The molecule has 106 valence electrons. The summed E-state index contributed by atoms with van der Waals surface area (Å²) in [7, 11) is 0. The molecule has 0 radical (unpaired) electrons. The number of hydrogen-bond donors (Lipinski definition) is 1. The first-order valence-corrected chi connectivity index (χ1v) is 8.77. The number of fused-ring (bicyclic) bond motifs is 3. The fourth-order valence-electron chi connectivity index (χ4n) is 2.81. The smallest absolute Gasteiger partial charge is 0.260 e. The van der Waals surface area contributed by atoms with Gasteiger partial charge in [-0.25, -0.2) is 4.98 Å². The highest BCUT2D eigenvalue weighted by molar-refractivity contribution is 7.18. The SMILES string of the molecule is O=c1[nH]c(/C=C/c2cccs2)nc2sc3c(c12)CCCC3. The van der Waals surface area contributed by atoms with E-state index in [2.05, 4.69) is 9.97 Å². The summed E-state index contributed by atoms with van der Waals surface area (Å²) in [6.45, 7) is 0. The van der Waals surface area contributed by atoms with E-state index in [1.54, 1.807) is 22.7 Å². The number of aryl methyl sites for hydroxylation is 2. The lowest BCUT2D eigenvalue weighted by molar-refractivity contribution is 0.700. The van der Waals surface area contributed by atoms with Crippen LogP contribution in [0, 0.1) is 0 Å². The minimum absolute atomic E-state index is 0.00484. The summed E-state index contributed by atoms with van der Waals surface area (Å²) in [5.41, 5.74) is 1.24. The molecule has 0 atom stereocenters. The molecule has 0 amide bonds. The summed E-state index contributed by atoms with van der Waals surface area (Å²) in [6, 6.07) is 4.05. The van der Waals surface area contributed by atoms with Crippen LogP contribution in [0.1, 0.15) is 34.0 Å². The molecule has 4 rings (SSSR count). The Morgan fingerprint density at radius 2 is 2.14 bits per heavy atom. The molecule has 0 aliphatic heterocycles. The molecule has 3 nitrogen and oxygen atoms in total. The van der Waals surface area contributed by atoms with Gasteiger partial charge in [0.15, 0.2) is 0 Å². The minimum atomic E-state index is 0.00484. The van der Waals surface area contributed by atoms with E-state index in [9.17, 15) is 4.79 Å². The average molecular weight is 314 g/mol. The summed E-state index contributed by atoms with van der Waals surface area (Å²) in [4.78, 5) is 23.3. The zero-order valence-corrected chi connectivity index (χ0v) is 13.0. The molecule has 3 heterocycles. The lowest BCUT2D eigenvalue weighted by atomic mass is 9.97. The highest BCUT2D eigenvalue weighted by Gasteiger charge is 2.19. The maximum absolute atomic E-state index is 12.4.